The standard InChI is InChI=1S/C32H38F2N4O4S/c1-20-9-7-8-12-22(20)17-35-29(40)28-32(2,3)43-19-38(28)30(41)27(39)26(15-21-10-5-4-6-11-21)37-31(42)36-18-23-13-14-24(33)16-25(23)34/h4-14,16,26-29,35,39-40H,15,17-19H2,1-3H3,(H2,36,37,42)/t26?,27?,28-,29?/m1/s1. The molecule has 11 heteroatoms. The minimum atomic E-state index is -1.64. The maximum absolute atomic E-state index is 14.1. The maximum Gasteiger partial charge on any atom is 0.315 e. The number of thioether (sulfide) groups is 1. The number of benzene rings is 3. The van der Waals surface area contributed by atoms with Crippen molar-refractivity contribution in [2.45, 2.75) is 69.4 Å². The van der Waals surface area contributed by atoms with Crippen molar-refractivity contribution in [1.29, 1.82) is 0 Å². The molecule has 3 amide bonds. The van der Waals surface area contributed by atoms with Gasteiger partial charge in [0.2, 0.25) is 0 Å². The predicted octanol–water partition coefficient (Wildman–Crippen LogP) is 3.83. The Kier molecular flexibility index (Phi) is 10.8. The fourth-order valence-electron chi connectivity index (χ4n) is 5.17. The summed E-state index contributed by atoms with van der Waals surface area (Å²) in [7, 11) is 0. The van der Waals surface area contributed by atoms with Crippen LogP contribution in [0, 0.1) is 18.6 Å². The van der Waals surface area contributed by atoms with E-state index in [2.05, 4.69) is 16.0 Å². The van der Waals surface area contributed by atoms with E-state index >= 15 is 0 Å². The number of carbonyl (C=O) groups excluding carboxylic acids is 2. The highest BCUT2D eigenvalue weighted by Gasteiger charge is 2.49. The van der Waals surface area contributed by atoms with Crippen LogP contribution in [0.2, 0.25) is 0 Å². The van der Waals surface area contributed by atoms with E-state index in [4.69, 9.17) is 0 Å². The van der Waals surface area contributed by atoms with E-state index in [1.807, 2.05) is 75.4 Å². The average molecular weight is 613 g/mol. The number of aliphatic hydroxyl groups excluding tert-OH is 2. The fraction of sp³-hybridized carbons (Fsp3) is 0.375. The summed E-state index contributed by atoms with van der Waals surface area (Å²) < 4.78 is 26.8. The van der Waals surface area contributed by atoms with Crippen molar-refractivity contribution < 1.29 is 28.6 Å². The Labute approximate surface area is 254 Å². The van der Waals surface area contributed by atoms with Crippen LogP contribution in [0.4, 0.5) is 13.6 Å². The van der Waals surface area contributed by atoms with Crippen LogP contribution in [0.5, 0.6) is 0 Å². The molecule has 230 valence electrons. The molecule has 0 aromatic heterocycles. The molecule has 1 aliphatic rings. The summed E-state index contributed by atoms with van der Waals surface area (Å²) in [6.45, 7) is 6.02. The molecule has 1 saturated heterocycles. The van der Waals surface area contributed by atoms with Crippen molar-refractivity contribution in [2.75, 3.05) is 5.88 Å². The molecule has 1 fully saturated rings. The van der Waals surface area contributed by atoms with E-state index < -0.39 is 52.7 Å². The fourth-order valence-corrected chi connectivity index (χ4v) is 6.36. The second kappa shape index (κ2) is 14.3. The third kappa shape index (κ3) is 8.32. The summed E-state index contributed by atoms with van der Waals surface area (Å²) in [5.74, 6) is -1.92. The lowest BCUT2D eigenvalue weighted by Crippen LogP contribution is -2.60. The van der Waals surface area contributed by atoms with Crippen molar-refractivity contribution in [3.05, 3.63) is 107 Å². The first-order valence-corrected chi connectivity index (χ1v) is 15.1. The first kappa shape index (κ1) is 32.4. The number of nitrogens with zero attached hydrogens (tertiary/aromatic N) is 1. The third-order valence-electron chi connectivity index (χ3n) is 7.67. The van der Waals surface area contributed by atoms with Crippen LogP contribution in [0.15, 0.2) is 72.8 Å². The molecule has 0 radical (unpaired) electrons. The molecule has 4 atom stereocenters. The van der Waals surface area contributed by atoms with Crippen LogP contribution in [-0.2, 0) is 24.3 Å². The third-order valence-corrected chi connectivity index (χ3v) is 9.07. The lowest BCUT2D eigenvalue weighted by molar-refractivity contribution is -0.145. The first-order chi connectivity index (χ1) is 20.5. The van der Waals surface area contributed by atoms with Gasteiger partial charge in [0.05, 0.1) is 18.0 Å². The van der Waals surface area contributed by atoms with Gasteiger partial charge in [-0.2, -0.15) is 0 Å². The number of carbonyl (C=O) groups is 2. The zero-order valence-electron chi connectivity index (χ0n) is 24.4. The zero-order chi connectivity index (χ0) is 31.1. The highest BCUT2D eigenvalue weighted by Crippen LogP contribution is 2.41. The normalized spacial score (nSPS) is 18.1. The van der Waals surface area contributed by atoms with Gasteiger partial charge in [-0.1, -0.05) is 60.7 Å². The molecule has 1 heterocycles. The monoisotopic (exact) mass is 612 g/mol. The largest absolute Gasteiger partial charge is 0.381 e. The summed E-state index contributed by atoms with van der Waals surface area (Å²) in [5.41, 5.74) is 2.94. The minimum Gasteiger partial charge on any atom is -0.381 e. The van der Waals surface area contributed by atoms with Gasteiger partial charge in [0.15, 0.2) is 6.10 Å². The van der Waals surface area contributed by atoms with E-state index in [9.17, 15) is 28.6 Å². The molecule has 8 nitrogen and oxygen atoms in total. The summed E-state index contributed by atoms with van der Waals surface area (Å²) in [5, 5.41) is 30.9. The maximum atomic E-state index is 14.1. The summed E-state index contributed by atoms with van der Waals surface area (Å²) in [6.07, 6.45) is -2.60. The molecule has 3 aromatic carbocycles. The van der Waals surface area contributed by atoms with Gasteiger partial charge < -0.3 is 25.7 Å². The second-order valence-electron chi connectivity index (χ2n) is 11.2. The predicted molar refractivity (Wildman–Crippen MR) is 163 cm³/mol. The summed E-state index contributed by atoms with van der Waals surface area (Å²) in [4.78, 5) is 28.1. The van der Waals surface area contributed by atoms with Crippen LogP contribution in [-0.4, -0.2) is 62.1 Å². The first-order valence-electron chi connectivity index (χ1n) is 14.1. The Morgan fingerprint density at radius 2 is 1.70 bits per heavy atom. The number of halogens is 2. The Morgan fingerprint density at radius 1 is 1.00 bits per heavy atom. The number of hydrogen-bond acceptors (Lipinski definition) is 6. The Hall–Kier alpha value is -3.51. The summed E-state index contributed by atoms with van der Waals surface area (Å²) in [6, 6.07) is 17.5. The quantitative estimate of drug-likeness (QED) is 0.211. The van der Waals surface area contributed by atoms with Gasteiger partial charge in [-0.15, -0.1) is 11.8 Å². The van der Waals surface area contributed by atoms with Crippen molar-refractivity contribution in [2.24, 2.45) is 0 Å². The van der Waals surface area contributed by atoms with Crippen molar-refractivity contribution in [3.63, 3.8) is 0 Å². The Bertz CT molecular complexity index is 1410. The van der Waals surface area contributed by atoms with E-state index in [0.29, 0.717) is 6.54 Å². The van der Waals surface area contributed by atoms with Gasteiger partial charge in [0, 0.05) is 29.5 Å². The Balaban J connectivity index is 1.48. The molecule has 0 bridgehead atoms. The smallest absolute Gasteiger partial charge is 0.315 e. The topological polar surface area (TPSA) is 114 Å². The van der Waals surface area contributed by atoms with Crippen LogP contribution in [0.3, 0.4) is 0 Å². The van der Waals surface area contributed by atoms with Crippen LogP contribution >= 0.6 is 11.8 Å². The Morgan fingerprint density at radius 3 is 2.40 bits per heavy atom. The lowest BCUT2D eigenvalue weighted by Gasteiger charge is -2.37. The number of amides is 3. The SMILES string of the molecule is Cc1ccccc1CNC(O)[C@H]1N(C(=O)C(O)C(Cc2ccccc2)NC(=O)NCc2ccc(F)cc2F)CSC1(C)C. The van der Waals surface area contributed by atoms with Gasteiger partial charge in [-0.3, -0.25) is 10.1 Å². The van der Waals surface area contributed by atoms with Gasteiger partial charge in [0.1, 0.15) is 17.9 Å². The molecule has 43 heavy (non-hydrogen) atoms. The number of hydrogen-bond donors (Lipinski definition) is 5. The van der Waals surface area contributed by atoms with Crippen molar-refractivity contribution >= 4 is 23.7 Å². The van der Waals surface area contributed by atoms with Crippen molar-refractivity contribution in [1.82, 2.24) is 20.9 Å². The van der Waals surface area contributed by atoms with E-state index in [-0.39, 0.29) is 24.4 Å². The van der Waals surface area contributed by atoms with Crippen LogP contribution in [0.1, 0.15) is 36.1 Å². The van der Waals surface area contributed by atoms with Crippen LogP contribution in [0.25, 0.3) is 0 Å². The molecule has 3 aromatic rings. The molecular formula is C32H38F2N4O4S. The van der Waals surface area contributed by atoms with E-state index in [1.54, 1.807) is 0 Å². The van der Waals surface area contributed by atoms with Gasteiger partial charge in [0.25, 0.3) is 5.91 Å². The zero-order valence-corrected chi connectivity index (χ0v) is 25.2. The van der Waals surface area contributed by atoms with Gasteiger partial charge in [-0.25, -0.2) is 13.6 Å². The average Bonchev–Trinajstić information content (AvgIpc) is 3.30. The molecule has 3 unspecified atom stereocenters. The van der Waals surface area contributed by atoms with Crippen LogP contribution < -0.4 is 16.0 Å². The summed E-state index contributed by atoms with van der Waals surface area (Å²) >= 11 is 1.48. The molecule has 0 saturated carbocycles. The molecule has 0 spiro atoms. The second-order valence-corrected chi connectivity index (χ2v) is 12.8. The van der Waals surface area contributed by atoms with E-state index in [0.717, 1.165) is 28.8 Å². The highest BCUT2D eigenvalue weighted by molar-refractivity contribution is 8.00. The number of rotatable bonds is 11. The van der Waals surface area contributed by atoms with Crippen molar-refractivity contribution in [3.8, 4) is 0 Å². The van der Waals surface area contributed by atoms with Gasteiger partial charge in [-0.05, 0) is 49.9 Å². The number of nitrogens with one attached hydrogen (secondary N) is 3. The highest BCUT2D eigenvalue weighted by atomic mass is 32.2. The van der Waals surface area contributed by atoms with E-state index in [1.165, 1.54) is 22.7 Å². The molecule has 4 rings (SSSR count). The molecule has 5 N–H and O–H groups in total. The number of aryl methyl sites for hydroxylation is 1. The number of urea groups is 1. The number of aliphatic hydroxyl groups is 2. The molecular weight excluding hydrogens is 574 g/mol. The minimum absolute atomic E-state index is 0.0825. The molecule has 1 aliphatic heterocycles. The molecule has 0 aliphatic carbocycles. The van der Waals surface area contributed by atoms with Gasteiger partial charge >= 0.3 is 6.03 Å². The lowest BCUT2D eigenvalue weighted by atomic mass is 9.96.